The van der Waals surface area contributed by atoms with Crippen molar-refractivity contribution in [2.24, 2.45) is 13.0 Å². The van der Waals surface area contributed by atoms with Crippen LogP contribution in [-0.2, 0) is 13.5 Å². The molecule has 5 heteroatoms. The van der Waals surface area contributed by atoms with Crippen molar-refractivity contribution in [2.75, 3.05) is 11.5 Å². The molecular formula is C11H17BrN2OS. The summed E-state index contributed by atoms with van der Waals surface area (Å²) in [7, 11) is 1.93. The zero-order valence-electron chi connectivity index (χ0n) is 9.61. The smallest absolute Gasteiger partial charge is 0.0738 e. The van der Waals surface area contributed by atoms with Gasteiger partial charge in [0, 0.05) is 13.5 Å². The van der Waals surface area contributed by atoms with E-state index in [0.29, 0.717) is 12.3 Å². The number of thioether (sulfide) groups is 1. The van der Waals surface area contributed by atoms with Gasteiger partial charge in [-0.3, -0.25) is 4.68 Å². The van der Waals surface area contributed by atoms with Gasteiger partial charge in [-0.15, -0.1) is 0 Å². The van der Waals surface area contributed by atoms with E-state index in [4.69, 9.17) is 0 Å². The van der Waals surface area contributed by atoms with Crippen molar-refractivity contribution >= 4 is 27.7 Å². The van der Waals surface area contributed by atoms with Crippen LogP contribution in [0.25, 0.3) is 0 Å². The quantitative estimate of drug-likeness (QED) is 0.930. The van der Waals surface area contributed by atoms with Crippen molar-refractivity contribution in [1.29, 1.82) is 0 Å². The first kappa shape index (κ1) is 12.5. The summed E-state index contributed by atoms with van der Waals surface area (Å²) in [5.74, 6) is 2.73. The Labute approximate surface area is 109 Å². The number of hydrogen-bond donors (Lipinski definition) is 1. The van der Waals surface area contributed by atoms with Gasteiger partial charge in [0.1, 0.15) is 0 Å². The lowest BCUT2D eigenvalue weighted by molar-refractivity contribution is 0.118. The number of halogens is 1. The molecule has 16 heavy (non-hydrogen) atoms. The van der Waals surface area contributed by atoms with Gasteiger partial charge in [0.2, 0.25) is 0 Å². The third kappa shape index (κ3) is 2.46. The first-order valence-corrected chi connectivity index (χ1v) is 7.48. The first-order valence-electron chi connectivity index (χ1n) is 5.53. The number of rotatable bonds is 3. The Hall–Kier alpha value is -0.000000000000000111. The molecule has 1 aromatic heterocycles. The van der Waals surface area contributed by atoms with E-state index < -0.39 is 0 Å². The standard InChI is InChI=1S/C11H17BrN2OS/c1-7-11(12)9(14(2)13-7)5-10(15)8-3-4-16-6-8/h8,10,15H,3-6H2,1-2H3. The third-order valence-electron chi connectivity index (χ3n) is 3.17. The molecule has 1 saturated heterocycles. The highest BCUT2D eigenvalue weighted by atomic mass is 79.9. The largest absolute Gasteiger partial charge is 0.392 e. The minimum atomic E-state index is -0.235. The van der Waals surface area contributed by atoms with E-state index in [1.165, 1.54) is 5.75 Å². The number of nitrogens with zero attached hydrogens (tertiary/aromatic N) is 2. The van der Waals surface area contributed by atoms with E-state index in [9.17, 15) is 5.11 Å². The van der Waals surface area contributed by atoms with Crippen molar-refractivity contribution in [2.45, 2.75) is 25.9 Å². The van der Waals surface area contributed by atoms with Gasteiger partial charge in [0.05, 0.1) is 22.0 Å². The Morgan fingerprint density at radius 2 is 2.44 bits per heavy atom. The van der Waals surface area contributed by atoms with Crippen LogP contribution in [0, 0.1) is 12.8 Å². The molecule has 2 unspecified atom stereocenters. The highest BCUT2D eigenvalue weighted by Gasteiger charge is 2.25. The topological polar surface area (TPSA) is 38.0 Å². The average Bonchev–Trinajstić information content (AvgIpc) is 2.83. The molecule has 1 aliphatic heterocycles. The summed E-state index contributed by atoms with van der Waals surface area (Å²) in [5, 5.41) is 14.5. The Balaban J connectivity index is 2.07. The Bertz CT molecular complexity index is 374. The van der Waals surface area contributed by atoms with E-state index in [1.54, 1.807) is 0 Å². The maximum Gasteiger partial charge on any atom is 0.0738 e. The molecule has 0 radical (unpaired) electrons. The van der Waals surface area contributed by atoms with Crippen LogP contribution in [0.1, 0.15) is 17.8 Å². The zero-order chi connectivity index (χ0) is 11.7. The molecule has 90 valence electrons. The van der Waals surface area contributed by atoms with Crippen LogP contribution in [0.3, 0.4) is 0 Å². The molecule has 1 fully saturated rings. The number of hydrogen-bond acceptors (Lipinski definition) is 3. The summed E-state index contributed by atoms with van der Waals surface area (Å²) in [6, 6.07) is 0. The summed E-state index contributed by atoms with van der Waals surface area (Å²) in [6.07, 6.45) is 1.60. The Kier molecular flexibility index (Phi) is 3.97. The number of aliphatic hydroxyl groups is 1. The van der Waals surface area contributed by atoms with E-state index >= 15 is 0 Å². The van der Waals surface area contributed by atoms with Crippen LogP contribution in [0.2, 0.25) is 0 Å². The molecule has 1 aromatic rings. The van der Waals surface area contributed by atoms with Crippen molar-refractivity contribution in [3.05, 3.63) is 15.9 Å². The molecule has 1 aliphatic rings. The van der Waals surface area contributed by atoms with Gasteiger partial charge >= 0.3 is 0 Å². The van der Waals surface area contributed by atoms with E-state index in [-0.39, 0.29) is 6.10 Å². The predicted molar refractivity (Wildman–Crippen MR) is 70.8 cm³/mol. The molecule has 0 aromatic carbocycles. The van der Waals surface area contributed by atoms with Crippen LogP contribution in [-0.4, -0.2) is 32.5 Å². The van der Waals surface area contributed by atoms with Crippen LogP contribution >= 0.6 is 27.7 Å². The van der Waals surface area contributed by atoms with Crippen LogP contribution in [0.5, 0.6) is 0 Å². The van der Waals surface area contributed by atoms with Crippen molar-refractivity contribution in [1.82, 2.24) is 9.78 Å². The van der Waals surface area contributed by atoms with Gasteiger partial charge in [0.15, 0.2) is 0 Å². The SMILES string of the molecule is Cc1nn(C)c(CC(O)C2CCSC2)c1Br. The highest BCUT2D eigenvalue weighted by Crippen LogP contribution is 2.29. The van der Waals surface area contributed by atoms with Crippen molar-refractivity contribution in [3.63, 3.8) is 0 Å². The predicted octanol–water partition coefficient (Wildman–Crippen LogP) is 2.15. The van der Waals surface area contributed by atoms with Gasteiger partial charge in [-0.1, -0.05) is 0 Å². The molecule has 3 nitrogen and oxygen atoms in total. The molecule has 0 amide bonds. The Morgan fingerprint density at radius 3 is 2.94 bits per heavy atom. The molecule has 2 rings (SSSR count). The lowest BCUT2D eigenvalue weighted by Gasteiger charge is -2.17. The fourth-order valence-corrected chi connectivity index (χ4v) is 3.95. The van der Waals surface area contributed by atoms with Gasteiger partial charge in [0.25, 0.3) is 0 Å². The molecule has 1 N–H and O–H groups in total. The first-order chi connectivity index (χ1) is 7.59. The average molecular weight is 305 g/mol. The monoisotopic (exact) mass is 304 g/mol. The number of aliphatic hydroxyl groups excluding tert-OH is 1. The molecule has 0 spiro atoms. The van der Waals surface area contributed by atoms with Crippen LogP contribution in [0.15, 0.2) is 4.47 Å². The zero-order valence-corrected chi connectivity index (χ0v) is 12.0. The molecule has 2 atom stereocenters. The summed E-state index contributed by atoms with van der Waals surface area (Å²) in [6.45, 7) is 1.98. The molecule has 0 aliphatic carbocycles. The number of aryl methyl sites for hydroxylation is 2. The lowest BCUT2D eigenvalue weighted by atomic mass is 9.98. The van der Waals surface area contributed by atoms with Gasteiger partial charge in [-0.05, 0) is 46.7 Å². The minimum Gasteiger partial charge on any atom is -0.392 e. The van der Waals surface area contributed by atoms with Crippen molar-refractivity contribution in [3.8, 4) is 0 Å². The van der Waals surface area contributed by atoms with Gasteiger partial charge in [-0.2, -0.15) is 16.9 Å². The fourth-order valence-electron chi connectivity index (χ4n) is 2.12. The van der Waals surface area contributed by atoms with E-state index in [0.717, 1.165) is 28.0 Å². The highest BCUT2D eigenvalue weighted by molar-refractivity contribution is 9.10. The summed E-state index contributed by atoms with van der Waals surface area (Å²) in [5.41, 5.74) is 2.09. The van der Waals surface area contributed by atoms with E-state index in [2.05, 4.69) is 21.0 Å². The lowest BCUT2D eigenvalue weighted by Crippen LogP contribution is -2.23. The minimum absolute atomic E-state index is 0.235. The molecule has 0 saturated carbocycles. The van der Waals surface area contributed by atoms with Crippen LogP contribution < -0.4 is 0 Å². The second kappa shape index (κ2) is 5.10. The van der Waals surface area contributed by atoms with Gasteiger partial charge < -0.3 is 5.11 Å². The Morgan fingerprint density at radius 1 is 1.69 bits per heavy atom. The maximum absolute atomic E-state index is 10.2. The second-order valence-corrected chi connectivity index (χ2v) is 6.31. The number of aromatic nitrogens is 2. The molecule has 2 heterocycles. The van der Waals surface area contributed by atoms with Crippen molar-refractivity contribution < 1.29 is 5.11 Å². The molecule has 0 bridgehead atoms. The third-order valence-corrected chi connectivity index (χ3v) is 5.39. The summed E-state index contributed by atoms with van der Waals surface area (Å²) < 4.78 is 2.91. The van der Waals surface area contributed by atoms with E-state index in [1.807, 2.05) is 30.4 Å². The van der Waals surface area contributed by atoms with Gasteiger partial charge in [-0.25, -0.2) is 0 Å². The second-order valence-electron chi connectivity index (χ2n) is 4.36. The fraction of sp³-hybridized carbons (Fsp3) is 0.727. The normalized spacial score (nSPS) is 22.6. The maximum atomic E-state index is 10.2. The molecular weight excluding hydrogens is 288 g/mol. The summed E-state index contributed by atoms with van der Waals surface area (Å²) in [4.78, 5) is 0. The van der Waals surface area contributed by atoms with Crippen LogP contribution in [0.4, 0.5) is 0 Å². The summed E-state index contributed by atoms with van der Waals surface area (Å²) >= 11 is 5.48.